The molecule has 19 heavy (non-hydrogen) atoms. The molecule has 1 aliphatic heterocycles. The van der Waals surface area contributed by atoms with Crippen molar-refractivity contribution < 1.29 is 12.8 Å². The van der Waals surface area contributed by atoms with Crippen LogP contribution in [0.2, 0.25) is 5.02 Å². The van der Waals surface area contributed by atoms with Crippen molar-refractivity contribution in [1.29, 1.82) is 0 Å². The van der Waals surface area contributed by atoms with E-state index in [-0.39, 0.29) is 15.8 Å². The molecule has 2 N–H and O–H groups in total. The molecular formula is C12H16ClFN2O2S. The zero-order valence-corrected chi connectivity index (χ0v) is 11.9. The highest BCUT2D eigenvalue weighted by Crippen LogP contribution is 2.26. The molecule has 2 rings (SSSR count). The van der Waals surface area contributed by atoms with Crippen LogP contribution in [0.15, 0.2) is 23.1 Å². The Balaban J connectivity index is 2.34. The van der Waals surface area contributed by atoms with Crippen LogP contribution in [0.4, 0.5) is 4.39 Å². The zero-order chi connectivity index (χ0) is 14.0. The molecule has 0 aromatic heterocycles. The Kier molecular flexibility index (Phi) is 4.45. The summed E-state index contributed by atoms with van der Waals surface area (Å²) in [5.41, 5.74) is 5.58. The normalized spacial score (nSPS) is 21.5. The Labute approximate surface area is 117 Å². The van der Waals surface area contributed by atoms with Crippen molar-refractivity contribution in [1.82, 2.24) is 4.31 Å². The van der Waals surface area contributed by atoms with E-state index in [0.29, 0.717) is 19.6 Å². The van der Waals surface area contributed by atoms with Gasteiger partial charge in [-0.25, -0.2) is 12.8 Å². The molecule has 1 atom stereocenters. The van der Waals surface area contributed by atoms with Gasteiger partial charge in [0.05, 0.1) is 0 Å². The van der Waals surface area contributed by atoms with Crippen LogP contribution >= 0.6 is 11.6 Å². The number of hydrogen-bond acceptors (Lipinski definition) is 3. The van der Waals surface area contributed by atoms with Crippen molar-refractivity contribution in [3.8, 4) is 0 Å². The Morgan fingerprint density at radius 3 is 2.89 bits per heavy atom. The molecule has 0 aliphatic carbocycles. The summed E-state index contributed by atoms with van der Waals surface area (Å²) >= 11 is 5.75. The smallest absolute Gasteiger partial charge is 0.246 e. The summed E-state index contributed by atoms with van der Waals surface area (Å²) in [5.74, 6) is -0.648. The summed E-state index contributed by atoms with van der Waals surface area (Å²) in [6.07, 6.45) is 1.64. The molecular weight excluding hydrogens is 291 g/mol. The summed E-state index contributed by atoms with van der Waals surface area (Å²) in [4.78, 5) is -0.363. The summed E-state index contributed by atoms with van der Waals surface area (Å²) in [6, 6.07) is 3.55. The van der Waals surface area contributed by atoms with Gasteiger partial charge in [0.15, 0.2) is 0 Å². The summed E-state index contributed by atoms with van der Waals surface area (Å²) in [5, 5.41) is 0.201. The van der Waals surface area contributed by atoms with E-state index in [1.165, 1.54) is 10.4 Å². The number of nitrogens with two attached hydrogens (primary N) is 1. The number of nitrogens with zero attached hydrogens (tertiary/aromatic N) is 1. The van der Waals surface area contributed by atoms with Crippen LogP contribution in [0.5, 0.6) is 0 Å². The molecule has 1 aliphatic rings. The largest absolute Gasteiger partial charge is 0.330 e. The highest BCUT2D eigenvalue weighted by Gasteiger charge is 2.31. The van der Waals surface area contributed by atoms with Crippen LogP contribution in [-0.4, -0.2) is 32.4 Å². The minimum atomic E-state index is -3.84. The van der Waals surface area contributed by atoms with Crippen molar-refractivity contribution >= 4 is 21.6 Å². The lowest BCUT2D eigenvalue weighted by atomic mass is 10.0. The maximum Gasteiger partial charge on any atom is 0.246 e. The van der Waals surface area contributed by atoms with Gasteiger partial charge in [0.2, 0.25) is 10.0 Å². The van der Waals surface area contributed by atoms with Gasteiger partial charge >= 0.3 is 0 Å². The van der Waals surface area contributed by atoms with Gasteiger partial charge < -0.3 is 5.73 Å². The maximum atomic E-state index is 13.7. The Morgan fingerprint density at radius 2 is 2.21 bits per heavy atom. The standard InChI is InChI=1S/C12H16ClFN2O2S/c13-10-3-4-11(14)12(6-10)19(17,18)16-5-1-2-9(7-15)8-16/h3-4,6,9H,1-2,5,7-8,15H2. The number of benzene rings is 1. The third-order valence-corrected chi connectivity index (χ3v) is 5.44. The first kappa shape index (κ1) is 14.7. The molecule has 0 radical (unpaired) electrons. The van der Waals surface area contributed by atoms with Crippen LogP contribution < -0.4 is 5.73 Å². The fourth-order valence-electron chi connectivity index (χ4n) is 2.25. The third kappa shape index (κ3) is 3.08. The first-order valence-electron chi connectivity index (χ1n) is 6.10. The van der Waals surface area contributed by atoms with Crippen LogP contribution in [-0.2, 0) is 10.0 Å². The van der Waals surface area contributed by atoms with Crippen molar-refractivity contribution in [2.24, 2.45) is 11.7 Å². The van der Waals surface area contributed by atoms with E-state index >= 15 is 0 Å². The summed E-state index contributed by atoms with van der Waals surface area (Å²) in [6.45, 7) is 1.17. The molecule has 1 fully saturated rings. The number of piperidine rings is 1. The molecule has 1 heterocycles. The average molecular weight is 307 g/mol. The molecule has 0 spiro atoms. The van der Waals surface area contributed by atoms with E-state index < -0.39 is 15.8 Å². The molecule has 7 heteroatoms. The van der Waals surface area contributed by atoms with E-state index in [0.717, 1.165) is 25.0 Å². The van der Waals surface area contributed by atoms with E-state index in [9.17, 15) is 12.8 Å². The Morgan fingerprint density at radius 1 is 1.47 bits per heavy atom. The van der Waals surface area contributed by atoms with Crippen molar-refractivity contribution in [2.45, 2.75) is 17.7 Å². The maximum absolute atomic E-state index is 13.7. The number of halogens is 2. The van der Waals surface area contributed by atoms with E-state index in [4.69, 9.17) is 17.3 Å². The van der Waals surface area contributed by atoms with Gasteiger partial charge in [0.1, 0.15) is 10.7 Å². The summed E-state index contributed by atoms with van der Waals surface area (Å²) < 4.78 is 39.8. The van der Waals surface area contributed by atoms with Crippen LogP contribution in [0.1, 0.15) is 12.8 Å². The fraction of sp³-hybridized carbons (Fsp3) is 0.500. The van der Waals surface area contributed by atoms with Gasteiger partial charge in [-0.15, -0.1) is 0 Å². The predicted octanol–water partition coefficient (Wildman–Crippen LogP) is 1.84. The lowest BCUT2D eigenvalue weighted by Crippen LogP contribution is -2.42. The second-order valence-electron chi connectivity index (χ2n) is 4.68. The molecule has 4 nitrogen and oxygen atoms in total. The molecule has 1 unspecified atom stereocenters. The quantitative estimate of drug-likeness (QED) is 0.927. The molecule has 1 saturated heterocycles. The van der Waals surface area contributed by atoms with E-state index in [1.807, 2.05) is 0 Å². The number of sulfonamides is 1. The molecule has 1 aromatic carbocycles. The van der Waals surface area contributed by atoms with Crippen molar-refractivity contribution in [3.63, 3.8) is 0 Å². The first-order valence-corrected chi connectivity index (χ1v) is 7.92. The highest BCUT2D eigenvalue weighted by atomic mass is 35.5. The minimum absolute atomic E-state index is 0.130. The van der Waals surface area contributed by atoms with Crippen LogP contribution in [0, 0.1) is 11.7 Å². The second-order valence-corrected chi connectivity index (χ2v) is 7.02. The zero-order valence-electron chi connectivity index (χ0n) is 10.4. The van der Waals surface area contributed by atoms with Gasteiger partial charge in [0, 0.05) is 18.1 Å². The van der Waals surface area contributed by atoms with Crippen LogP contribution in [0.25, 0.3) is 0 Å². The van der Waals surface area contributed by atoms with E-state index in [2.05, 4.69) is 0 Å². The van der Waals surface area contributed by atoms with Gasteiger partial charge in [-0.2, -0.15) is 4.31 Å². The second kappa shape index (κ2) is 5.75. The molecule has 106 valence electrons. The fourth-order valence-corrected chi connectivity index (χ4v) is 4.13. The molecule has 1 aromatic rings. The number of rotatable bonds is 3. The molecule has 0 amide bonds. The van der Waals surface area contributed by atoms with Gasteiger partial charge in [-0.05, 0) is 43.5 Å². The predicted molar refractivity (Wildman–Crippen MR) is 71.9 cm³/mol. The van der Waals surface area contributed by atoms with Gasteiger partial charge in [-0.3, -0.25) is 0 Å². The monoisotopic (exact) mass is 306 g/mol. The molecule has 0 saturated carbocycles. The van der Waals surface area contributed by atoms with Crippen LogP contribution in [0.3, 0.4) is 0 Å². The van der Waals surface area contributed by atoms with E-state index in [1.54, 1.807) is 0 Å². The third-order valence-electron chi connectivity index (χ3n) is 3.33. The van der Waals surface area contributed by atoms with Crippen molar-refractivity contribution in [3.05, 3.63) is 29.0 Å². The lowest BCUT2D eigenvalue weighted by Gasteiger charge is -2.31. The Hall–Kier alpha value is -0.690. The average Bonchev–Trinajstić information content (AvgIpc) is 2.41. The van der Waals surface area contributed by atoms with Crippen molar-refractivity contribution in [2.75, 3.05) is 19.6 Å². The molecule has 0 bridgehead atoms. The van der Waals surface area contributed by atoms with Gasteiger partial charge in [-0.1, -0.05) is 11.6 Å². The number of hydrogen-bond donors (Lipinski definition) is 1. The summed E-state index contributed by atoms with van der Waals surface area (Å²) in [7, 11) is -3.84. The Bertz CT molecular complexity index is 565. The first-order chi connectivity index (χ1) is 8.95. The SMILES string of the molecule is NCC1CCCN(S(=O)(=O)c2cc(Cl)ccc2F)C1. The minimum Gasteiger partial charge on any atom is -0.330 e. The lowest BCUT2D eigenvalue weighted by molar-refractivity contribution is 0.270. The topological polar surface area (TPSA) is 63.4 Å². The highest BCUT2D eigenvalue weighted by molar-refractivity contribution is 7.89. The van der Waals surface area contributed by atoms with Gasteiger partial charge in [0.25, 0.3) is 0 Å².